The van der Waals surface area contributed by atoms with E-state index >= 15 is 0 Å². The summed E-state index contributed by atoms with van der Waals surface area (Å²) in [4.78, 5) is 18.4. The molecule has 0 atom stereocenters. The molecule has 2 amide bonds. The van der Waals surface area contributed by atoms with Crippen LogP contribution in [0.1, 0.15) is 11.1 Å². The molecule has 0 saturated carbocycles. The van der Waals surface area contributed by atoms with E-state index in [1.54, 1.807) is 18.7 Å². The second-order valence-corrected chi connectivity index (χ2v) is 5.29. The number of nitrogens with one attached hydrogen (secondary N) is 2. The van der Waals surface area contributed by atoms with Gasteiger partial charge in [-0.3, -0.25) is 0 Å². The molecule has 3 rings (SSSR count). The Hall–Kier alpha value is -2.54. The summed E-state index contributed by atoms with van der Waals surface area (Å²) >= 11 is 0. The van der Waals surface area contributed by atoms with Crippen molar-refractivity contribution < 1.29 is 13.9 Å². The molecule has 0 aliphatic carbocycles. The van der Waals surface area contributed by atoms with Gasteiger partial charge in [0.25, 0.3) is 0 Å². The van der Waals surface area contributed by atoms with Crippen LogP contribution in [0.15, 0.2) is 41.3 Å². The van der Waals surface area contributed by atoms with Crippen LogP contribution in [0.5, 0.6) is 0 Å². The van der Waals surface area contributed by atoms with Crippen LogP contribution < -0.4 is 15.5 Å². The van der Waals surface area contributed by atoms with Gasteiger partial charge in [0.2, 0.25) is 0 Å². The van der Waals surface area contributed by atoms with Gasteiger partial charge in [-0.25, -0.2) is 9.78 Å². The molecule has 0 radical (unpaired) electrons. The quantitative estimate of drug-likeness (QED) is 0.874. The summed E-state index contributed by atoms with van der Waals surface area (Å²) in [5, 5.41) is 5.62. The van der Waals surface area contributed by atoms with E-state index < -0.39 is 0 Å². The number of ether oxygens (including phenoxy) is 1. The van der Waals surface area contributed by atoms with Crippen LogP contribution in [0, 0.1) is 0 Å². The molecule has 0 spiro atoms. The molecule has 7 nitrogen and oxygen atoms in total. The third-order valence-corrected chi connectivity index (χ3v) is 3.63. The predicted molar refractivity (Wildman–Crippen MR) is 85.1 cm³/mol. The van der Waals surface area contributed by atoms with Crippen LogP contribution in [-0.4, -0.2) is 37.3 Å². The van der Waals surface area contributed by atoms with Crippen LogP contribution in [0.3, 0.4) is 0 Å². The van der Waals surface area contributed by atoms with Crippen molar-refractivity contribution in [3.05, 3.63) is 48.0 Å². The zero-order valence-corrected chi connectivity index (χ0v) is 12.8. The Balaban J connectivity index is 1.48. The maximum absolute atomic E-state index is 11.8. The molecule has 7 heteroatoms. The Labute approximate surface area is 134 Å². The zero-order chi connectivity index (χ0) is 15.9. The molecular weight excluding hydrogens is 296 g/mol. The summed E-state index contributed by atoms with van der Waals surface area (Å²) < 4.78 is 10.3. The van der Waals surface area contributed by atoms with Gasteiger partial charge < -0.3 is 24.7 Å². The van der Waals surface area contributed by atoms with Gasteiger partial charge in [0.15, 0.2) is 0 Å². The van der Waals surface area contributed by atoms with E-state index in [0.29, 0.717) is 13.1 Å². The minimum Gasteiger partial charge on any atom is -0.472 e. The standard InChI is InChI=1S/C16H20N4O3/c21-16(19-11-14-2-6-23-12-14)18-10-13-1-3-17-15(9-13)20-4-7-22-8-5-20/h1-3,6,9,12H,4-5,7-8,10-11H2,(H2,18,19,21). The Morgan fingerprint density at radius 2 is 1.96 bits per heavy atom. The maximum atomic E-state index is 11.8. The number of pyridine rings is 1. The first-order chi connectivity index (χ1) is 11.3. The molecule has 1 fully saturated rings. The molecule has 1 aliphatic rings. The highest BCUT2D eigenvalue weighted by Gasteiger charge is 2.12. The minimum absolute atomic E-state index is 0.212. The molecule has 1 aliphatic heterocycles. The van der Waals surface area contributed by atoms with E-state index in [2.05, 4.69) is 20.5 Å². The highest BCUT2D eigenvalue weighted by Crippen LogP contribution is 2.14. The first-order valence-corrected chi connectivity index (χ1v) is 7.62. The summed E-state index contributed by atoms with van der Waals surface area (Å²) in [6.07, 6.45) is 4.96. The van der Waals surface area contributed by atoms with Crippen LogP contribution in [0.4, 0.5) is 10.6 Å². The van der Waals surface area contributed by atoms with E-state index in [0.717, 1.165) is 43.2 Å². The highest BCUT2D eigenvalue weighted by atomic mass is 16.5. The molecule has 3 heterocycles. The van der Waals surface area contributed by atoms with Crippen molar-refractivity contribution in [2.45, 2.75) is 13.1 Å². The summed E-state index contributed by atoms with van der Waals surface area (Å²) in [5.74, 6) is 0.923. The van der Waals surface area contributed by atoms with Crippen LogP contribution >= 0.6 is 0 Å². The predicted octanol–water partition coefficient (Wildman–Crippen LogP) is 1.51. The largest absolute Gasteiger partial charge is 0.472 e. The molecule has 2 aromatic rings. The third kappa shape index (κ3) is 4.46. The molecule has 0 bridgehead atoms. The van der Waals surface area contributed by atoms with Gasteiger partial charge in [0, 0.05) is 37.9 Å². The van der Waals surface area contributed by atoms with Crippen LogP contribution in [-0.2, 0) is 17.8 Å². The number of amides is 2. The molecular formula is C16H20N4O3. The number of urea groups is 1. The lowest BCUT2D eigenvalue weighted by atomic mass is 10.2. The van der Waals surface area contributed by atoms with Gasteiger partial charge in [-0.2, -0.15) is 0 Å². The summed E-state index contributed by atoms with van der Waals surface area (Å²) in [7, 11) is 0. The van der Waals surface area contributed by atoms with Gasteiger partial charge in [0.1, 0.15) is 5.82 Å². The second-order valence-electron chi connectivity index (χ2n) is 5.29. The number of nitrogens with zero attached hydrogens (tertiary/aromatic N) is 2. The fraction of sp³-hybridized carbons (Fsp3) is 0.375. The Morgan fingerprint density at radius 1 is 1.17 bits per heavy atom. The highest BCUT2D eigenvalue weighted by molar-refractivity contribution is 5.73. The number of carbonyl (C=O) groups is 1. The number of furan rings is 1. The molecule has 23 heavy (non-hydrogen) atoms. The lowest BCUT2D eigenvalue weighted by molar-refractivity contribution is 0.122. The average molecular weight is 316 g/mol. The van der Waals surface area contributed by atoms with Crippen molar-refractivity contribution in [3.8, 4) is 0 Å². The molecule has 0 unspecified atom stereocenters. The Kier molecular flexibility index (Phi) is 5.10. The van der Waals surface area contributed by atoms with E-state index in [1.807, 2.05) is 18.2 Å². The SMILES string of the molecule is O=C(NCc1ccoc1)NCc1ccnc(N2CCOCC2)c1. The van der Waals surface area contributed by atoms with Crippen molar-refractivity contribution in [2.75, 3.05) is 31.2 Å². The summed E-state index contributed by atoms with van der Waals surface area (Å²) in [6.45, 7) is 4.03. The first-order valence-electron chi connectivity index (χ1n) is 7.62. The van der Waals surface area contributed by atoms with E-state index in [1.165, 1.54) is 0 Å². The number of aromatic nitrogens is 1. The molecule has 122 valence electrons. The number of anilines is 1. The van der Waals surface area contributed by atoms with E-state index in [9.17, 15) is 4.79 Å². The first kappa shape index (κ1) is 15.4. The average Bonchev–Trinajstić information content (AvgIpc) is 3.13. The third-order valence-electron chi connectivity index (χ3n) is 3.63. The van der Waals surface area contributed by atoms with Crippen molar-refractivity contribution in [1.29, 1.82) is 0 Å². The number of hydrogen-bond donors (Lipinski definition) is 2. The van der Waals surface area contributed by atoms with Crippen LogP contribution in [0.2, 0.25) is 0 Å². The van der Waals surface area contributed by atoms with Crippen LogP contribution in [0.25, 0.3) is 0 Å². The molecule has 1 saturated heterocycles. The lowest BCUT2D eigenvalue weighted by Crippen LogP contribution is -2.37. The van der Waals surface area contributed by atoms with Crippen molar-refractivity contribution in [1.82, 2.24) is 15.6 Å². The number of hydrogen-bond acceptors (Lipinski definition) is 5. The normalized spacial score (nSPS) is 14.5. The summed E-state index contributed by atoms with van der Waals surface area (Å²) in [5.41, 5.74) is 1.94. The van der Waals surface area contributed by atoms with Gasteiger partial charge >= 0.3 is 6.03 Å². The van der Waals surface area contributed by atoms with Crippen molar-refractivity contribution in [2.24, 2.45) is 0 Å². The van der Waals surface area contributed by atoms with E-state index in [-0.39, 0.29) is 6.03 Å². The van der Waals surface area contributed by atoms with Crippen molar-refractivity contribution >= 4 is 11.8 Å². The van der Waals surface area contributed by atoms with Gasteiger partial charge in [-0.05, 0) is 23.8 Å². The Bertz CT molecular complexity index is 624. The minimum atomic E-state index is -0.212. The fourth-order valence-electron chi connectivity index (χ4n) is 2.36. The zero-order valence-electron chi connectivity index (χ0n) is 12.8. The van der Waals surface area contributed by atoms with Gasteiger partial charge in [-0.1, -0.05) is 0 Å². The fourth-order valence-corrected chi connectivity index (χ4v) is 2.36. The Morgan fingerprint density at radius 3 is 2.70 bits per heavy atom. The smallest absolute Gasteiger partial charge is 0.315 e. The van der Waals surface area contributed by atoms with Gasteiger partial charge in [0.05, 0.1) is 25.7 Å². The monoisotopic (exact) mass is 316 g/mol. The van der Waals surface area contributed by atoms with Crippen molar-refractivity contribution in [3.63, 3.8) is 0 Å². The topological polar surface area (TPSA) is 79.6 Å². The maximum Gasteiger partial charge on any atom is 0.315 e. The number of rotatable bonds is 5. The second kappa shape index (κ2) is 7.64. The number of morpholine rings is 1. The lowest BCUT2D eigenvalue weighted by Gasteiger charge is -2.28. The van der Waals surface area contributed by atoms with Gasteiger partial charge in [-0.15, -0.1) is 0 Å². The summed E-state index contributed by atoms with van der Waals surface area (Å²) in [6, 6.07) is 5.51. The molecule has 2 aromatic heterocycles. The van der Waals surface area contributed by atoms with E-state index in [4.69, 9.17) is 9.15 Å². The number of carbonyl (C=O) groups excluding carboxylic acids is 1. The molecule has 2 N–H and O–H groups in total. The molecule has 0 aromatic carbocycles.